The molecule has 2 aliphatic heterocycles. The van der Waals surface area contributed by atoms with Crippen LogP contribution in [0.3, 0.4) is 0 Å². The Labute approximate surface area is 165 Å². The van der Waals surface area contributed by atoms with Crippen LogP contribution < -0.4 is 14.5 Å². The molecule has 0 radical (unpaired) electrons. The van der Waals surface area contributed by atoms with E-state index in [2.05, 4.69) is 6.92 Å². The summed E-state index contributed by atoms with van der Waals surface area (Å²) in [7, 11) is -3.12. The van der Waals surface area contributed by atoms with Gasteiger partial charge in [0.1, 0.15) is 5.75 Å². The number of sulfone groups is 1. The van der Waals surface area contributed by atoms with Crippen LogP contribution in [-0.2, 0) is 9.84 Å². The van der Waals surface area contributed by atoms with Crippen LogP contribution in [0.2, 0.25) is 0 Å². The Morgan fingerprint density at radius 1 is 1.00 bits per heavy atom. The monoisotopic (exact) mass is 402 g/mol. The molecule has 2 unspecified atom stereocenters. The molecule has 5 nitrogen and oxygen atoms in total. The molecule has 2 fully saturated rings. The van der Waals surface area contributed by atoms with Crippen molar-refractivity contribution >= 4 is 38.5 Å². The molecule has 2 aromatic rings. The number of hydrogen-bond donors (Lipinski definition) is 0. The van der Waals surface area contributed by atoms with E-state index in [9.17, 15) is 8.42 Å². The number of anilines is 2. The maximum absolute atomic E-state index is 12.4. The van der Waals surface area contributed by atoms with Gasteiger partial charge in [-0.15, -0.1) is 0 Å². The molecule has 0 N–H and O–H groups in total. The van der Waals surface area contributed by atoms with Crippen LogP contribution >= 0.6 is 12.2 Å². The molecule has 0 amide bonds. The molecule has 7 heteroatoms. The van der Waals surface area contributed by atoms with E-state index >= 15 is 0 Å². The van der Waals surface area contributed by atoms with Crippen LogP contribution in [0.15, 0.2) is 54.6 Å². The Kier molecular flexibility index (Phi) is 4.82. The van der Waals surface area contributed by atoms with Gasteiger partial charge in [0.25, 0.3) is 0 Å². The average Bonchev–Trinajstić information content (AvgIpc) is 3.09. The fourth-order valence-corrected chi connectivity index (χ4v) is 6.26. The van der Waals surface area contributed by atoms with Gasteiger partial charge in [-0.25, -0.2) is 8.42 Å². The zero-order valence-corrected chi connectivity index (χ0v) is 16.7. The number of benzene rings is 2. The van der Waals surface area contributed by atoms with Crippen molar-refractivity contribution < 1.29 is 13.2 Å². The van der Waals surface area contributed by atoms with Gasteiger partial charge in [0.2, 0.25) is 0 Å². The molecule has 2 heterocycles. The third-order valence-electron chi connectivity index (χ3n) is 4.99. The SMILES string of the molecule is CCCOc1ccccc1N1C(=S)N(c2ccccc2)C2CS(=O)(=O)CC21. The fourth-order valence-electron chi connectivity index (χ4n) is 3.87. The first-order valence-corrected chi connectivity index (χ1v) is 11.3. The van der Waals surface area contributed by atoms with Gasteiger partial charge in [-0.2, -0.15) is 0 Å². The molecular weight excluding hydrogens is 380 g/mol. The van der Waals surface area contributed by atoms with Crippen molar-refractivity contribution in [1.29, 1.82) is 0 Å². The molecule has 27 heavy (non-hydrogen) atoms. The van der Waals surface area contributed by atoms with Crippen molar-refractivity contribution in [3.8, 4) is 5.75 Å². The molecule has 2 saturated heterocycles. The summed E-state index contributed by atoms with van der Waals surface area (Å²) in [5.41, 5.74) is 1.76. The minimum atomic E-state index is -3.12. The molecule has 2 aromatic carbocycles. The lowest BCUT2D eigenvalue weighted by Crippen LogP contribution is -2.37. The first kappa shape index (κ1) is 18.3. The summed E-state index contributed by atoms with van der Waals surface area (Å²) in [4.78, 5) is 3.96. The summed E-state index contributed by atoms with van der Waals surface area (Å²) in [6.07, 6.45) is 0.898. The van der Waals surface area contributed by atoms with Crippen LogP contribution in [0.1, 0.15) is 13.3 Å². The largest absolute Gasteiger partial charge is 0.491 e. The third kappa shape index (κ3) is 3.30. The van der Waals surface area contributed by atoms with E-state index < -0.39 is 9.84 Å². The van der Waals surface area contributed by atoms with Gasteiger partial charge in [0, 0.05) is 5.69 Å². The van der Waals surface area contributed by atoms with Crippen molar-refractivity contribution in [2.24, 2.45) is 0 Å². The van der Waals surface area contributed by atoms with E-state index in [0.717, 1.165) is 23.5 Å². The molecule has 0 spiro atoms. The summed E-state index contributed by atoms with van der Waals surface area (Å²) in [5.74, 6) is 0.949. The topological polar surface area (TPSA) is 49.9 Å². The second-order valence-electron chi connectivity index (χ2n) is 6.89. The Morgan fingerprint density at radius 2 is 1.63 bits per heavy atom. The number of fused-ring (bicyclic) bond motifs is 1. The first-order chi connectivity index (χ1) is 13.0. The third-order valence-corrected chi connectivity index (χ3v) is 7.08. The lowest BCUT2D eigenvalue weighted by Gasteiger charge is -2.27. The Morgan fingerprint density at radius 3 is 2.33 bits per heavy atom. The predicted molar refractivity (Wildman–Crippen MR) is 112 cm³/mol. The van der Waals surface area contributed by atoms with E-state index in [-0.39, 0.29) is 23.6 Å². The summed E-state index contributed by atoms with van der Waals surface area (Å²) in [5, 5.41) is 0.624. The maximum Gasteiger partial charge on any atom is 0.181 e. The van der Waals surface area contributed by atoms with E-state index in [1.54, 1.807) is 0 Å². The molecule has 2 aliphatic rings. The van der Waals surface area contributed by atoms with Gasteiger partial charge >= 0.3 is 0 Å². The van der Waals surface area contributed by atoms with Crippen LogP contribution in [0.25, 0.3) is 0 Å². The molecular formula is C20H22N2O3S2. The van der Waals surface area contributed by atoms with E-state index in [1.807, 2.05) is 64.4 Å². The van der Waals surface area contributed by atoms with Crippen LogP contribution in [0, 0.1) is 0 Å². The summed E-state index contributed by atoms with van der Waals surface area (Å²) in [6, 6.07) is 17.1. The van der Waals surface area contributed by atoms with Crippen LogP contribution in [0.5, 0.6) is 5.75 Å². The number of nitrogens with zero attached hydrogens (tertiary/aromatic N) is 2. The summed E-state index contributed by atoms with van der Waals surface area (Å²) >= 11 is 5.83. The quantitative estimate of drug-likeness (QED) is 0.716. The first-order valence-electron chi connectivity index (χ1n) is 9.11. The zero-order valence-electron chi connectivity index (χ0n) is 15.1. The Balaban J connectivity index is 1.78. The minimum Gasteiger partial charge on any atom is -0.491 e. The number of hydrogen-bond acceptors (Lipinski definition) is 4. The van der Waals surface area contributed by atoms with Crippen molar-refractivity contribution in [3.05, 3.63) is 54.6 Å². The highest BCUT2D eigenvalue weighted by molar-refractivity contribution is 7.91. The van der Waals surface area contributed by atoms with E-state index in [4.69, 9.17) is 17.0 Å². The van der Waals surface area contributed by atoms with Crippen molar-refractivity contribution in [2.45, 2.75) is 25.4 Å². The second kappa shape index (κ2) is 7.13. The fraction of sp³-hybridized carbons (Fsp3) is 0.350. The Bertz CT molecular complexity index is 947. The van der Waals surface area contributed by atoms with E-state index in [1.165, 1.54) is 0 Å². The van der Waals surface area contributed by atoms with E-state index in [0.29, 0.717) is 11.7 Å². The predicted octanol–water partition coefficient (Wildman–Crippen LogP) is 3.25. The number of rotatable bonds is 5. The molecule has 2 atom stereocenters. The number of para-hydroxylation sites is 3. The Hall–Kier alpha value is -2.12. The highest BCUT2D eigenvalue weighted by Gasteiger charge is 2.53. The van der Waals surface area contributed by atoms with Gasteiger partial charge in [-0.05, 0) is 42.9 Å². The highest BCUT2D eigenvalue weighted by Crippen LogP contribution is 2.41. The van der Waals surface area contributed by atoms with Crippen molar-refractivity contribution in [3.63, 3.8) is 0 Å². The highest BCUT2D eigenvalue weighted by atomic mass is 32.2. The molecule has 142 valence electrons. The van der Waals surface area contributed by atoms with Crippen molar-refractivity contribution in [1.82, 2.24) is 0 Å². The van der Waals surface area contributed by atoms with Crippen LogP contribution in [-0.4, -0.2) is 43.7 Å². The number of thiocarbonyl (C=S) groups is 1. The summed E-state index contributed by atoms with van der Waals surface area (Å²) < 4.78 is 30.8. The van der Waals surface area contributed by atoms with Gasteiger partial charge in [-0.1, -0.05) is 37.3 Å². The zero-order chi connectivity index (χ0) is 19.0. The molecule has 4 rings (SSSR count). The lowest BCUT2D eigenvalue weighted by atomic mass is 10.1. The lowest BCUT2D eigenvalue weighted by molar-refractivity contribution is 0.318. The smallest absolute Gasteiger partial charge is 0.181 e. The molecule has 0 aliphatic carbocycles. The normalized spacial score (nSPS) is 23.5. The summed E-state index contributed by atoms with van der Waals surface area (Å²) in [6.45, 7) is 2.66. The minimum absolute atomic E-state index is 0.100. The molecule has 0 saturated carbocycles. The molecule has 0 aromatic heterocycles. The average molecular weight is 403 g/mol. The maximum atomic E-state index is 12.4. The number of ether oxygens (including phenoxy) is 1. The van der Waals surface area contributed by atoms with Gasteiger partial charge < -0.3 is 14.5 Å². The van der Waals surface area contributed by atoms with Crippen LogP contribution in [0.4, 0.5) is 11.4 Å². The molecule has 0 bridgehead atoms. The van der Waals surface area contributed by atoms with Gasteiger partial charge in [-0.3, -0.25) is 0 Å². The second-order valence-corrected chi connectivity index (χ2v) is 9.40. The standard InChI is InChI=1S/C20H22N2O3S2/c1-2-12-25-19-11-7-6-10-16(19)22-18-14-27(23,24)13-17(18)21(20(22)26)15-8-4-3-5-9-15/h3-11,17-18H,2,12-14H2,1H3. The van der Waals surface area contributed by atoms with Gasteiger partial charge in [0.05, 0.1) is 35.9 Å². The van der Waals surface area contributed by atoms with Crippen molar-refractivity contribution in [2.75, 3.05) is 27.9 Å². The van der Waals surface area contributed by atoms with Gasteiger partial charge in [0.15, 0.2) is 14.9 Å².